The zero-order chi connectivity index (χ0) is 16.6. The third-order valence-electron chi connectivity index (χ3n) is 3.65. The van der Waals surface area contributed by atoms with E-state index in [4.69, 9.17) is 16.7 Å². The maximum Gasteiger partial charge on any atom is 0.308 e. The van der Waals surface area contributed by atoms with Crippen LogP contribution in [0.25, 0.3) is 9.88 Å². The molecule has 1 aliphatic rings. The molecule has 0 bridgehead atoms. The molecule has 3 rings (SSSR count). The molecule has 0 aromatic carbocycles. The van der Waals surface area contributed by atoms with Gasteiger partial charge in [-0.1, -0.05) is 18.5 Å². The number of rotatable bonds is 6. The summed E-state index contributed by atoms with van der Waals surface area (Å²) in [5.74, 6) is -1.67. The van der Waals surface area contributed by atoms with E-state index in [9.17, 15) is 9.59 Å². The van der Waals surface area contributed by atoms with Crippen molar-refractivity contribution in [3.8, 4) is 9.88 Å². The van der Waals surface area contributed by atoms with Crippen molar-refractivity contribution in [1.82, 2.24) is 9.88 Å². The Hall–Kier alpha value is -1.44. The monoisotopic (exact) mass is 370 g/mol. The Labute approximate surface area is 146 Å². The number of hydrogen-bond donors (Lipinski definition) is 1. The van der Waals surface area contributed by atoms with Gasteiger partial charge < -0.3 is 10.0 Å². The van der Waals surface area contributed by atoms with Crippen molar-refractivity contribution in [1.29, 1.82) is 0 Å². The second-order valence-electron chi connectivity index (χ2n) is 5.57. The van der Waals surface area contributed by atoms with Crippen LogP contribution >= 0.6 is 34.3 Å². The molecular formula is C15H15ClN2O3S2. The minimum Gasteiger partial charge on any atom is -0.481 e. The van der Waals surface area contributed by atoms with E-state index in [1.54, 1.807) is 23.3 Å². The highest BCUT2D eigenvalue weighted by atomic mass is 35.5. The standard InChI is InChI=1S/C15H15ClN2O3S2/c1-8(15(20)21)6-18(9-2-3-9)14(19)10-7-22-13(17-10)11-4-5-12(16)23-11/h4-5,7-9H,2-3,6H2,1H3,(H,20,21). The number of carbonyl (C=O) groups is 2. The first kappa shape index (κ1) is 16.4. The Balaban J connectivity index is 1.78. The van der Waals surface area contributed by atoms with Gasteiger partial charge in [-0.25, -0.2) is 4.98 Å². The summed E-state index contributed by atoms with van der Waals surface area (Å²) in [6.45, 7) is 1.83. The van der Waals surface area contributed by atoms with Gasteiger partial charge in [-0.05, 0) is 25.0 Å². The van der Waals surface area contributed by atoms with Crippen molar-refractivity contribution in [3.05, 3.63) is 27.5 Å². The van der Waals surface area contributed by atoms with Crippen LogP contribution in [0.5, 0.6) is 0 Å². The number of halogens is 1. The lowest BCUT2D eigenvalue weighted by Gasteiger charge is -2.23. The van der Waals surface area contributed by atoms with Crippen LogP contribution in [0.4, 0.5) is 0 Å². The molecule has 0 saturated heterocycles. The number of thiophene rings is 1. The molecule has 1 unspecified atom stereocenters. The predicted octanol–water partition coefficient (Wildman–Crippen LogP) is 3.85. The van der Waals surface area contributed by atoms with Gasteiger partial charge in [-0.3, -0.25) is 9.59 Å². The number of carboxylic acid groups (broad SMARTS) is 1. The number of amides is 1. The van der Waals surface area contributed by atoms with Gasteiger partial charge in [0, 0.05) is 18.0 Å². The number of carboxylic acids is 1. The second-order valence-corrected chi connectivity index (χ2v) is 8.14. The Bertz CT molecular complexity index is 739. The van der Waals surface area contributed by atoms with Crippen LogP contribution in [0.1, 0.15) is 30.3 Å². The lowest BCUT2D eigenvalue weighted by Crippen LogP contribution is -2.38. The van der Waals surface area contributed by atoms with Crippen molar-refractivity contribution in [2.24, 2.45) is 5.92 Å². The first-order chi connectivity index (χ1) is 11.0. The molecule has 1 aliphatic carbocycles. The van der Waals surface area contributed by atoms with Crippen LogP contribution in [0, 0.1) is 5.92 Å². The molecule has 1 N–H and O–H groups in total. The number of nitrogens with zero attached hydrogens (tertiary/aromatic N) is 2. The smallest absolute Gasteiger partial charge is 0.308 e. The van der Waals surface area contributed by atoms with E-state index in [1.807, 2.05) is 6.07 Å². The first-order valence-electron chi connectivity index (χ1n) is 7.20. The number of aliphatic carboxylic acids is 1. The van der Waals surface area contributed by atoms with Crippen molar-refractivity contribution in [3.63, 3.8) is 0 Å². The maximum absolute atomic E-state index is 12.7. The van der Waals surface area contributed by atoms with Crippen molar-refractivity contribution in [2.45, 2.75) is 25.8 Å². The fourth-order valence-electron chi connectivity index (χ4n) is 2.22. The summed E-state index contributed by atoms with van der Waals surface area (Å²) in [5, 5.41) is 11.6. The SMILES string of the molecule is CC(CN(C(=O)c1csc(-c2ccc(Cl)s2)n1)C1CC1)C(=O)O. The molecule has 2 aromatic rings. The van der Waals surface area contributed by atoms with Gasteiger partial charge in [-0.2, -0.15) is 0 Å². The summed E-state index contributed by atoms with van der Waals surface area (Å²) in [6.07, 6.45) is 1.85. The zero-order valence-corrected chi connectivity index (χ0v) is 14.7. The summed E-state index contributed by atoms with van der Waals surface area (Å²) in [4.78, 5) is 30.7. The molecule has 122 valence electrons. The van der Waals surface area contributed by atoms with Gasteiger partial charge in [0.2, 0.25) is 0 Å². The van der Waals surface area contributed by atoms with E-state index in [0.717, 1.165) is 22.7 Å². The topological polar surface area (TPSA) is 70.5 Å². The average molecular weight is 371 g/mol. The predicted molar refractivity (Wildman–Crippen MR) is 91.3 cm³/mol. The molecule has 1 atom stereocenters. The largest absolute Gasteiger partial charge is 0.481 e. The van der Waals surface area contributed by atoms with E-state index in [1.165, 1.54) is 22.7 Å². The molecule has 2 aromatic heterocycles. The Morgan fingerprint density at radius 1 is 1.48 bits per heavy atom. The van der Waals surface area contributed by atoms with Crippen molar-refractivity contribution < 1.29 is 14.7 Å². The third kappa shape index (κ3) is 3.73. The highest BCUT2D eigenvalue weighted by molar-refractivity contribution is 7.23. The quantitative estimate of drug-likeness (QED) is 0.838. The van der Waals surface area contributed by atoms with Crippen LogP contribution < -0.4 is 0 Å². The molecule has 23 heavy (non-hydrogen) atoms. The maximum atomic E-state index is 12.7. The lowest BCUT2D eigenvalue weighted by atomic mass is 10.1. The number of thiazole rings is 1. The zero-order valence-electron chi connectivity index (χ0n) is 12.4. The molecule has 0 aliphatic heterocycles. The molecule has 1 amide bonds. The van der Waals surface area contributed by atoms with Gasteiger partial charge in [-0.15, -0.1) is 22.7 Å². The highest BCUT2D eigenvalue weighted by Crippen LogP contribution is 2.34. The third-order valence-corrected chi connectivity index (χ3v) is 5.89. The molecular weight excluding hydrogens is 356 g/mol. The van der Waals surface area contributed by atoms with E-state index in [0.29, 0.717) is 10.0 Å². The number of carbonyl (C=O) groups excluding carboxylic acids is 1. The fourth-order valence-corrected chi connectivity index (χ4v) is 4.13. The van der Waals surface area contributed by atoms with E-state index >= 15 is 0 Å². The van der Waals surface area contributed by atoms with E-state index < -0.39 is 11.9 Å². The first-order valence-corrected chi connectivity index (χ1v) is 9.28. The van der Waals surface area contributed by atoms with Gasteiger partial charge in [0.1, 0.15) is 10.7 Å². The van der Waals surface area contributed by atoms with Gasteiger partial charge >= 0.3 is 5.97 Å². The second kappa shape index (κ2) is 6.59. The Morgan fingerprint density at radius 3 is 2.78 bits per heavy atom. The molecule has 8 heteroatoms. The summed E-state index contributed by atoms with van der Waals surface area (Å²) < 4.78 is 0.679. The minimum atomic E-state index is -0.893. The molecule has 2 heterocycles. The Morgan fingerprint density at radius 2 is 2.22 bits per heavy atom. The average Bonchev–Trinajstić information content (AvgIpc) is 3.06. The van der Waals surface area contributed by atoms with Gasteiger partial charge in [0.15, 0.2) is 0 Å². The molecule has 1 saturated carbocycles. The van der Waals surface area contributed by atoms with Crippen LogP contribution in [0.3, 0.4) is 0 Å². The van der Waals surface area contributed by atoms with Crippen molar-refractivity contribution >= 4 is 46.2 Å². The number of aromatic nitrogens is 1. The van der Waals surface area contributed by atoms with E-state index in [-0.39, 0.29) is 18.5 Å². The fraction of sp³-hybridized carbons (Fsp3) is 0.400. The normalized spacial score (nSPS) is 15.4. The highest BCUT2D eigenvalue weighted by Gasteiger charge is 2.35. The van der Waals surface area contributed by atoms with E-state index in [2.05, 4.69) is 4.98 Å². The molecule has 5 nitrogen and oxygen atoms in total. The lowest BCUT2D eigenvalue weighted by molar-refractivity contribution is -0.141. The minimum absolute atomic E-state index is 0.144. The summed E-state index contributed by atoms with van der Waals surface area (Å²) in [7, 11) is 0. The molecule has 0 radical (unpaired) electrons. The van der Waals surface area contributed by atoms with Crippen LogP contribution in [-0.2, 0) is 4.79 Å². The van der Waals surface area contributed by atoms with Crippen LogP contribution in [-0.4, -0.2) is 39.5 Å². The summed E-state index contributed by atoms with van der Waals surface area (Å²) in [5.41, 5.74) is 0.374. The summed E-state index contributed by atoms with van der Waals surface area (Å²) in [6, 6.07) is 3.83. The molecule has 1 fully saturated rings. The summed E-state index contributed by atoms with van der Waals surface area (Å²) >= 11 is 8.75. The molecule has 0 spiro atoms. The van der Waals surface area contributed by atoms with Crippen LogP contribution in [0.15, 0.2) is 17.5 Å². The van der Waals surface area contributed by atoms with Gasteiger partial charge in [0.25, 0.3) is 5.91 Å². The van der Waals surface area contributed by atoms with Gasteiger partial charge in [0.05, 0.1) is 15.1 Å². The Kier molecular flexibility index (Phi) is 4.70. The van der Waals surface area contributed by atoms with Crippen molar-refractivity contribution in [2.75, 3.05) is 6.54 Å². The number of hydrogen-bond acceptors (Lipinski definition) is 5. The van der Waals surface area contributed by atoms with Crippen LogP contribution in [0.2, 0.25) is 4.34 Å².